The molecule has 1 atom stereocenters. The molecule has 0 saturated carbocycles. The van der Waals surface area contributed by atoms with Crippen LogP contribution in [-0.2, 0) is 4.74 Å². The van der Waals surface area contributed by atoms with Gasteiger partial charge in [-0.05, 0) is 13.8 Å². The summed E-state index contributed by atoms with van der Waals surface area (Å²) >= 11 is 0. The van der Waals surface area contributed by atoms with Crippen molar-refractivity contribution >= 4 is 0 Å². The van der Waals surface area contributed by atoms with E-state index in [1.54, 1.807) is 12.5 Å². The first-order chi connectivity index (χ1) is 7.20. The normalized spacial score (nSPS) is 13.4. The standard InChI is InChI=1S/C10H19N3O2/c1-8(2)13-7-12-6-9(13)10(5-11)15-4-3-14/h6-8,10,14H,3-5,11H2,1-2H3. The third-order valence-corrected chi connectivity index (χ3v) is 2.21. The van der Waals surface area contributed by atoms with Gasteiger partial charge in [0, 0.05) is 12.6 Å². The van der Waals surface area contributed by atoms with Crippen molar-refractivity contribution in [1.29, 1.82) is 0 Å². The van der Waals surface area contributed by atoms with Crippen molar-refractivity contribution in [2.24, 2.45) is 5.73 Å². The van der Waals surface area contributed by atoms with E-state index in [2.05, 4.69) is 18.8 Å². The van der Waals surface area contributed by atoms with E-state index in [-0.39, 0.29) is 12.7 Å². The number of ether oxygens (including phenoxy) is 1. The second-order valence-electron chi connectivity index (χ2n) is 3.64. The van der Waals surface area contributed by atoms with Gasteiger partial charge in [0.15, 0.2) is 0 Å². The van der Waals surface area contributed by atoms with Crippen molar-refractivity contribution in [2.75, 3.05) is 19.8 Å². The molecule has 0 aliphatic carbocycles. The molecule has 3 N–H and O–H groups in total. The zero-order valence-electron chi connectivity index (χ0n) is 9.26. The highest BCUT2D eigenvalue weighted by molar-refractivity contribution is 5.04. The Bertz CT molecular complexity index is 286. The Balaban J connectivity index is 2.76. The maximum absolute atomic E-state index is 8.70. The van der Waals surface area contributed by atoms with E-state index in [0.29, 0.717) is 19.2 Å². The highest BCUT2D eigenvalue weighted by Crippen LogP contribution is 2.19. The summed E-state index contributed by atoms with van der Waals surface area (Å²) in [7, 11) is 0. The maximum atomic E-state index is 8.70. The van der Waals surface area contributed by atoms with Crippen molar-refractivity contribution in [3.05, 3.63) is 18.2 Å². The first kappa shape index (κ1) is 12.2. The molecule has 0 saturated heterocycles. The smallest absolute Gasteiger partial charge is 0.111 e. The third-order valence-electron chi connectivity index (χ3n) is 2.21. The Kier molecular flexibility index (Phi) is 4.74. The number of imidazole rings is 1. The van der Waals surface area contributed by atoms with Crippen molar-refractivity contribution in [3.63, 3.8) is 0 Å². The fourth-order valence-corrected chi connectivity index (χ4v) is 1.46. The quantitative estimate of drug-likeness (QED) is 0.720. The molecule has 0 amide bonds. The van der Waals surface area contributed by atoms with E-state index in [9.17, 15) is 0 Å². The predicted octanol–water partition coefficient (Wildman–Crippen LogP) is 0.473. The number of rotatable bonds is 6. The van der Waals surface area contributed by atoms with E-state index in [0.717, 1.165) is 5.69 Å². The van der Waals surface area contributed by atoms with Crippen molar-refractivity contribution in [3.8, 4) is 0 Å². The molecule has 0 bridgehead atoms. The number of nitrogens with zero attached hydrogens (tertiary/aromatic N) is 2. The Hall–Kier alpha value is -0.910. The number of hydrogen-bond donors (Lipinski definition) is 2. The third kappa shape index (κ3) is 3.02. The van der Waals surface area contributed by atoms with Crippen LogP contribution in [0.4, 0.5) is 0 Å². The first-order valence-corrected chi connectivity index (χ1v) is 5.15. The fraction of sp³-hybridized carbons (Fsp3) is 0.700. The highest BCUT2D eigenvalue weighted by Gasteiger charge is 2.16. The topological polar surface area (TPSA) is 73.3 Å². The number of hydrogen-bond acceptors (Lipinski definition) is 4. The van der Waals surface area contributed by atoms with Gasteiger partial charge in [-0.25, -0.2) is 4.98 Å². The summed E-state index contributed by atoms with van der Waals surface area (Å²) in [5.41, 5.74) is 6.59. The molecule has 0 aliphatic rings. The summed E-state index contributed by atoms with van der Waals surface area (Å²) in [5, 5.41) is 8.70. The highest BCUT2D eigenvalue weighted by atomic mass is 16.5. The van der Waals surface area contributed by atoms with E-state index >= 15 is 0 Å². The van der Waals surface area contributed by atoms with Crippen LogP contribution in [0.25, 0.3) is 0 Å². The van der Waals surface area contributed by atoms with Gasteiger partial charge in [-0.1, -0.05) is 0 Å². The molecule has 1 heterocycles. The molecule has 0 aromatic carbocycles. The molecule has 0 radical (unpaired) electrons. The number of nitrogens with two attached hydrogens (primary N) is 1. The molecule has 1 aromatic rings. The van der Waals surface area contributed by atoms with Crippen molar-refractivity contribution in [1.82, 2.24) is 9.55 Å². The van der Waals surface area contributed by atoms with Crippen LogP contribution in [0.15, 0.2) is 12.5 Å². The van der Waals surface area contributed by atoms with Gasteiger partial charge in [0.05, 0.1) is 31.4 Å². The zero-order chi connectivity index (χ0) is 11.3. The van der Waals surface area contributed by atoms with Gasteiger partial charge in [0.1, 0.15) is 6.10 Å². The molecule has 0 fully saturated rings. The summed E-state index contributed by atoms with van der Waals surface area (Å²) in [5.74, 6) is 0. The lowest BCUT2D eigenvalue weighted by Crippen LogP contribution is -2.21. The Labute approximate surface area is 89.9 Å². The van der Waals surface area contributed by atoms with E-state index < -0.39 is 0 Å². The average Bonchev–Trinajstić information content (AvgIpc) is 2.68. The fourth-order valence-electron chi connectivity index (χ4n) is 1.46. The average molecular weight is 213 g/mol. The minimum absolute atomic E-state index is 0.00627. The van der Waals surface area contributed by atoms with Gasteiger partial charge >= 0.3 is 0 Å². The molecule has 0 aliphatic heterocycles. The second-order valence-corrected chi connectivity index (χ2v) is 3.64. The lowest BCUT2D eigenvalue weighted by molar-refractivity contribution is 0.0281. The lowest BCUT2D eigenvalue weighted by Gasteiger charge is -2.19. The van der Waals surface area contributed by atoms with Crippen LogP contribution in [0, 0.1) is 0 Å². The zero-order valence-corrected chi connectivity index (χ0v) is 9.26. The van der Waals surface area contributed by atoms with E-state index in [1.807, 2.05) is 4.57 Å². The minimum atomic E-state index is -0.193. The molecular weight excluding hydrogens is 194 g/mol. The van der Waals surface area contributed by atoms with Crippen molar-refractivity contribution in [2.45, 2.75) is 26.0 Å². The molecule has 5 heteroatoms. The van der Waals surface area contributed by atoms with E-state index in [4.69, 9.17) is 15.6 Å². The molecule has 1 rings (SSSR count). The molecule has 5 nitrogen and oxygen atoms in total. The molecule has 86 valence electrons. The van der Waals surface area contributed by atoms with Crippen LogP contribution in [0.5, 0.6) is 0 Å². The summed E-state index contributed by atoms with van der Waals surface area (Å²) in [4.78, 5) is 4.09. The molecular formula is C10H19N3O2. The lowest BCUT2D eigenvalue weighted by atomic mass is 10.2. The van der Waals surface area contributed by atoms with Gasteiger partial charge in [0.25, 0.3) is 0 Å². The Morgan fingerprint density at radius 2 is 2.33 bits per heavy atom. The molecule has 1 unspecified atom stereocenters. The molecule has 0 spiro atoms. The molecule has 1 aromatic heterocycles. The van der Waals surface area contributed by atoms with Crippen LogP contribution in [0.3, 0.4) is 0 Å². The first-order valence-electron chi connectivity index (χ1n) is 5.15. The molecule has 15 heavy (non-hydrogen) atoms. The SMILES string of the molecule is CC(C)n1cncc1C(CN)OCCO. The summed E-state index contributed by atoms with van der Waals surface area (Å²) < 4.78 is 7.46. The summed E-state index contributed by atoms with van der Waals surface area (Å²) in [6.07, 6.45) is 3.34. The Morgan fingerprint density at radius 3 is 2.87 bits per heavy atom. The number of aliphatic hydroxyl groups excluding tert-OH is 1. The van der Waals surface area contributed by atoms with Gasteiger partial charge in [-0.3, -0.25) is 0 Å². The van der Waals surface area contributed by atoms with Gasteiger partial charge in [-0.15, -0.1) is 0 Å². The summed E-state index contributed by atoms with van der Waals surface area (Å²) in [6.45, 7) is 4.84. The Morgan fingerprint density at radius 1 is 1.60 bits per heavy atom. The van der Waals surface area contributed by atoms with Crippen LogP contribution in [-0.4, -0.2) is 34.4 Å². The van der Waals surface area contributed by atoms with Crippen LogP contribution < -0.4 is 5.73 Å². The van der Waals surface area contributed by atoms with Crippen LogP contribution >= 0.6 is 0 Å². The van der Waals surface area contributed by atoms with Gasteiger partial charge < -0.3 is 20.1 Å². The van der Waals surface area contributed by atoms with Crippen molar-refractivity contribution < 1.29 is 9.84 Å². The van der Waals surface area contributed by atoms with E-state index in [1.165, 1.54) is 0 Å². The monoisotopic (exact) mass is 213 g/mol. The maximum Gasteiger partial charge on any atom is 0.111 e. The number of aliphatic hydroxyl groups is 1. The largest absolute Gasteiger partial charge is 0.394 e. The van der Waals surface area contributed by atoms with Crippen LogP contribution in [0.2, 0.25) is 0 Å². The second kappa shape index (κ2) is 5.85. The van der Waals surface area contributed by atoms with Gasteiger partial charge in [-0.2, -0.15) is 0 Å². The predicted molar refractivity (Wildman–Crippen MR) is 57.4 cm³/mol. The summed E-state index contributed by atoms with van der Waals surface area (Å²) in [6, 6.07) is 0.328. The minimum Gasteiger partial charge on any atom is -0.394 e. The number of aromatic nitrogens is 2. The van der Waals surface area contributed by atoms with Gasteiger partial charge in [0.2, 0.25) is 0 Å². The van der Waals surface area contributed by atoms with Crippen LogP contribution in [0.1, 0.15) is 31.7 Å².